The molecular formula is C105H84N4. The lowest BCUT2D eigenvalue weighted by atomic mass is 9.73. The largest absolute Gasteiger partial charge is 0.309 e. The summed E-state index contributed by atoms with van der Waals surface area (Å²) in [6.07, 6.45) is 1.85. The number of hydrogen-bond donors (Lipinski definition) is 0. The Labute approximate surface area is 639 Å². The average molecular weight is 1400 g/mol. The van der Waals surface area contributed by atoms with Gasteiger partial charge in [0.15, 0.2) is 0 Å². The summed E-state index contributed by atoms with van der Waals surface area (Å²) in [7, 11) is 0. The second-order valence-corrected chi connectivity index (χ2v) is 33.9. The van der Waals surface area contributed by atoms with Crippen LogP contribution in [-0.2, 0) is 29.1 Å². The Bertz CT molecular complexity index is 6130. The molecule has 0 spiro atoms. The van der Waals surface area contributed by atoms with Gasteiger partial charge >= 0.3 is 0 Å². The molecule has 0 amide bonds. The highest BCUT2D eigenvalue weighted by molar-refractivity contribution is 6.19. The standard InChI is InChI=1S/C105H84N4/c1-103(2,3)72-56-83(64-30-14-10-15-31-64)101(84(57-72)65-32-16-11-17-33-65)108-91-62-75(106-87-44-28-26-42-79(87)98-89(106)52-46-70-54-68-38-22-24-40-77(68)95(70)98)48-50-81(91)97-82-51-49-76(107-88-45-29-27-43-80(88)99-90(107)53-47-71-55-69-39-23-25-41-78(69)96(71)99)63-92(82)109(94-61-74(105(7,8)9)60-93(108)100(94)97)102-85(66-34-18-12-19-35-66)58-73(104(4,5)6)59-86(102)67-36-20-13-21-37-67/h10-53,56-63,97H,54-55H2,1-9H3. The van der Waals surface area contributed by atoms with E-state index in [2.05, 4.69) is 397 Å². The van der Waals surface area contributed by atoms with E-state index in [0.717, 1.165) is 80.6 Å². The van der Waals surface area contributed by atoms with E-state index < -0.39 is 0 Å². The molecule has 0 N–H and O–H groups in total. The van der Waals surface area contributed by atoms with Crippen molar-refractivity contribution < 1.29 is 0 Å². The van der Waals surface area contributed by atoms with Gasteiger partial charge in [-0.15, -0.1) is 0 Å². The van der Waals surface area contributed by atoms with Crippen molar-refractivity contribution in [1.29, 1.82) is 0 Å². The van der Waals surface area contributed by atoms with Gasteiger partial charge in [0.1, 0.15) is 0 Å². The topological polar surface area (TPSA) is 16.3 Å². The van der Waals surface area contributed by atoms with Crippen molar-refractivity contribution >= 4 is 77.7 Å². The molecular weight excluding hydrogens is 1320 g/mol. The first kappa shape index (κ1) is 64.8. The highest BCUT2D eigenvalue weighted by Gasteiger charge is 2.45. The van der Waals surface area contributed by atoms with Gasteiger partial charge in [-0.2, -0.15) is 0 Å². The van der Waals surface area contributed by atoms with Gasteiger partial charge in [0.25, 0.3) is 0 Å². The molecule has 524 valence electrons. The van der Waals surface area contributed by atoms with Crippen molar-refractivity contribution in [1.82, 2.24) is 9.13 Å². The molecule has 4 aliphatic rings. The van der Waals surface area contributed by atoms with Crippen molar-refractivity contribution in [3.8, 4) is 78.1 Å². The summed E-state index contributed by atoms with van der Waals surface area (Å²) in [6.45, 7) is 21.5. The van der Waals surface area contributed by atoms with Crippen molar-refractivity contribution in [2.45, 2.75) is 97.3 Å². The molecule has 0 saturated carbocycles. The Balaban J connectivity index is 0.932. The lowest BCUT2D eigenvalue weighted by Gasteiger charge is -2.47. The zero-order valence-corrected chi connectivity index (χ0v) is 63.3. The van der Waals surface area contributed by atoms with Crippen molar-refractivity contribution in [3.05, 3.63) is 371 Å². The van der Waals surface area contributed by atoms with Crippen LogP contribution in [0.2, 0.25) is 0 Å². The molecule has 2 aliphatic heterocycles. The molecule has 4 heterocycles. The lowest BCUT2D eigenvalue weighted by Crippen LogP contribution is -2.31. The van der Waals surface area contributed by atoms with E-state index in [1.54, 1.807) is 0 Å². The highest BCUT2D eigenvalue weighted by Crippen LogP contribution is 2.66. The first-order valence-electron chi connectivity index (χ1n) is 38.9. The average Bonchev–Trinajstić information content (AvgIpc) is 1.29. The third kappa shape index (κ3) is 9.96. The summed E-state index contributed by atoms with van der Waals surface area (Å²) in [4.78, 5) is 5.51. The Morgan fingerprint density at radius 2 is 0.596 bits per heavy atom. The predicted molar refractivity (Wildman–Crippen MR) is 460 cm³/mol. The molecule has 0 radical (unpaired) electrons. The molecule has 0 bridgehead atoms. The summed E-state index contributed by atoms with van der Waals surface area (Å²) < 4.78 is 5.16. The van der Waals surface area contributed by atoms with E-state index in [0.29, 0.717) is 0 Å². The number of benzene rings is 15. The molecule has 15 aromatic carbocycles. The monoisotopic (exact) mass is 1400 g/mol. The Kier molecular flexibility index (Phi) is 14.3. The van der Waals surface area contributed by atoms with Crippen LogP contribution in [0.25, 0.3) is 122 Å². The number of anilines is 6. The summed E-state index contributed by atoms with van der Waals surface area (Å²) in [5.41, 5.74) is 41.0. The second kappa shape index (κ2) is 24.0. The third-order valence-corrected chi connectivity index (χ3v) is 24.3. The van der Waals surface area contributed by atoms with E-state index in [9.17, 15) is 0 Å². The van der Waals surface area contributed by atoms with Gasteiger partial charge in [-0.1, -0.05) is 293 Å². The van der Waals surface area contributed by atoms with Crippen molar-refractivity contribution in [2.75, 3.05) is 9.80 Å². The van der Waals surface area contributed by atoms with E-state index >= 15 is 0 Å². The highest BCUT2D eigenvalue weighted by atomic mass is 15.2. The predicted octanol–water partition coefficient (Wildman–Crippen LogP) is 28.3. The van der Waals surface area contributed by atoms with Crippen LogP contribution < -0.4 is 9.80 Å². The van der Waals surface area contributed by atoms with Crippen LogP contribution in [0.3, 0.4) is 0 Å². The van der Waals surface area contributed by atoms with Crippen LogP contribution >= 0.6 is 0 Å². The minimum absolute atomic E-state index is 0.199. The van der Waals surface area contributed by atoms with Crippen LogP contribution in [0, 0.1) is 0 Å². The molecule has 0 unspecified atom stereocenters. The fourth-order valence-electron chi connectivity index (χ4n) is 19.0. The maximum atomic E-state index is 2.76. The number of para-hydroxylation sites is 2. The lowest BCUT2D eigenvalue weighted by molar-refractivity contribution is 0.589. The minimum atomic E-state index is -0.340. The molecule has 0 fully saturated rings. The number of fused-ring (bicyclic) bond motifs is 18. The van der Waals surface area contributed by atoms with Crippen LogP contribution in [0.15, 0.2) is 315 Å². The number of aromatic nitrogens is 2. The van der Waals surface area contributed by atoms with Gasteiger partial charge in [0.05, 0.1) is 56.2 Å². The summed E-state index contributed by atoms with van der Waals surface area (Å²) >= 11 is 0. The molecule has 4 nitrogen and oxygen atoms in total. The third-order valence-electron chi connectivity index (χ3n) is 24.3. The normalized spacial score (nSPS) is 13.6. The SMILES string of the molecule is CC(C)(C)c1cc(-c2ccccc2)c(N2c3cc(-n4c5ccccc5c5c6c(ccc54)Cc4ccccc4-6)ccc3C3c4ccc(-n5c6ccccc6c6c7c(ccc65)Cc5ccccc5-7)cc4N(c4c(-c5ccccc5)cc(C(C)(C)C)cc4-c4ccccc4)c4cc(C(C)(C)C)cc2c43)c(-c2ccccc2)c1. The number of nitrogens with zero attached hydrogens (tertiary/aromatic N) is 4. The van der Waals surface area contributed by atoms with Crippen LogP contribution in [0.1, 0.15) is 124 Å². The first-order valence-corrected chi connectivity index (χ1v) is 38.9. The number of rotatable bonds is 8. The second-order valence-electron chi connectivity index (χ2n) is 33.9. The van der Waals surface area contributed by atoms with Crippen molar-refractivity contribution in [3.63, 3.8) is 0 Å². The van der Waals surface area contributed by atoms with Crippen LogP contribution in [-0.4, -0.2) is 9.13 Å². The Morgan fingerprint density at radius 1 is 0.266 bits per heavy atom. The molecule has 0 saturated heterocycles. The van der Waals surface area contributed by atoms with Gasteiger partial charge in [-0.25, -0.2) is 0 Å². The Hall–Kier alpha value is -12.5. The van der Waals surface area contributed by atoms with Crippen LogP contribution in [0.4, 0.5) is 34.1 Å². The van der Waals surface area contributed by atoms with Gasteiger partial charge < -0.3 is 18.9 Å². The summed E-state index contributed by atoms with van der Waals surface area (Å²) in [5.74, 6) is -0.251. The van der Waals surface area contributed by atoms with Gasteiger partial charge in [0.2, 0.25) is 0 Å². The van der Waals surface area contributed by atoms with Crippen LogP contribution in [0.5, 0.6) is 0 Å². The van der Waals surface area contributed by atoms with E-state index in [1.807, 2.05) is 0 Å². The maximum Gasteiger partial charge on any atom is 0.0618 e. The summed E-state index contributed by atoms with van der Waals surface area (Å²) in [5, 5.41) is 5.14. The summed E-state index contributed by atoms with van der Waals surface area (Å²) in [6, 6.07) is 122. The molecule has 0 atom stereocenters. The molecule has 2 aliphatic carbocycles. The Morgan fingerprint density at radius 3 is 0.963 bits per heavy atom. The minimum Gasteiger partial charge on any atom is -0.309 e. The van der Waals surface area contributed by atoms with Gasteiger partial charge in [-0.05, 0) is 209 Å². The van der Waals surface area contributed by atoms with Crippen molar-refractivity contribution in [2.24, 2.45) is 0 Å². The first-order chi connectivity index (χ1) is 53.0. The quantitative estimate of drug-likeness (QED) is 0.151. The van der Waals surface area contributed by atoms with E-state index in [1.165, 1.54) is 144 Å². The number of hydrogen-bond acceptors (Lipinski definition) is 2. The maximum absolute atomic E-state index is 2.76. The van der Waals surface area contributed by atoms with Gasteiger partial charge in [0, 0.05) is 66.7 Å². The van der Waals surface area contributed by atoms with E-state index in [-0.39, 0.29) is 22.2 Å². The molecule has 21 rings (SSSR count). The fraction of sp³-hybridized carbons (Fsp3) is 0.143. The smallest absolute Gasteiger partial charge is 0.0618 e. The zero-order valence-electron chi connectivity index (χ0n) is 63.3. The molecule has 109 heavy (non-hydrogen) atoms. The van der Waals surface area contributed by atoms with Gasteiger partial charge in [-0.3, -0.25) is 0 Å². The zero-order chi connectivity index (χ0) is 73.5. The van der Waals surface area contributed by atoms with E-state index in [4.69, 9.17) is 0 Å². The fourth-order valence-corrected chi connectivity index (χ4v) is 19.0. The molecule has 4 heteroatoms. The molecule has 2 aromatic heterocycles. The molecule has 17 aromatic rings.